The van der Waals surface area contributed by atoms with Crippen molar-refractivity contribution in [2.24, 2.45) is 10.9 Å². The lowest BCUT2D eigenvalue weighted by molar-refractivity contribution is 0.0589. The van der Waals surface area contributed by atoms with Gasteiger partial charge in [-0.2, -0.15) is 0 Å². The highest BCUT2D eigenvalue weighted by Gasteiger charge is 2.30. The van der Waals surface area contributed by atoms with Gasteiger partial charge in [0.15, 0.2) is 5.76 Å². The van der Waals surface area contributed by atoms with Crippen LogP contribution < -0.4 is 10.9 Å². The van der Waals surface area contributed by atoms with Crippen LogP contribution in [0.2, 0.25) is 0 Å². The van der Waals surface area contributed by atoms with Crippen LogP contribution in [-0.4, -0.2) is 38.4 Å². The Bertz CT molecular complexity index is 614. The molecule has 1 saturated heterocycles. The highest BCUT2D eigenvalue weighted by Crippen LogP contribution is 2.23. The highest BCUT2D eigenvalue weighted by atomic mass is 35.5. The SMILES string of the molecule is Cc1oc(C(=O)N2CCCCC2CN)cc1S(N)(=O)=O.Cl. The number of likely N-dealkylation sites (tertiary alicyclic amines) is 1. The third kappa shape index (κ3) is 3.76. The van der Waals surface area contributed by atoms with Crippen LogP contribution >= 0.6 is 12.4 Å². The average Bonchev–Trinajstić information content (AvgIpc) is 2.80. The molecule has 1 fully saturated rings. The molecule has 120 valence electrons. The number of sulfonamides is 1. The molecule has 1 aromatic rings. The summed E-state index contributed by atoms with van der Waals surface area (Å²) in [5.41, 5.74) is 5.67. The van der Waals surface area contributed by atoms with Crippen molar-refractivity contribution in [3.63, 3.8) is 0 Å². The minimum Gasteiger partial charge on any atom is -0.455 e. The number of amides is 1. The van der Waals surface area contributed by atoms with E-state index in [9.17, 15) is 13.2 Å². The van der Waals surface area contributed by atoms with Gasteiger partial charge < -0.3 is 15.1 Å². The van der Waals surface area contributed by atoms with Crippen molar-refractivity contribution in [3.8, 4) is 0 Å². The zero-order chi connectivity index (χ0) is 14.9. The Morgan fingerprint density at radius 3 is 2.67 bits per heavy atom. The number of carbonyl (C=O) groups is 1. The number of piperidine rings is 1. The number of halogens is 1. The summed E-state index contributed by atoms with van der Waals surface area (Å²) >= 11 is 0. The Balaban J connectivity index is 0.00000220. The van der Waals surface area contributed by atoms with Crippen molar-refractivity contribution < 1.29 is 17.6 Å². The molecule has 1 amide bonds. The van der Waals surface area contributed by atoms with Crippen LogP contribution in [0.3, 0.4) is 0 Å². The molecule has 1 aliphatic heterocycles. The number of carbonyl (C=O) groups excluding carboxylic acids is 1. The zero-order valence-corrected chi connectivity index (χ0v) is 13.4. The third-order valence-corrected chi connectivity index (χ3v) is 4.57. The number of hydrogen-bond acceptors (Lipinski definition) is 5. The Morgan fingerprint density at radius 2 is 2.14 bits per heavy atom. The van der Waals surface area contributed by atoms with Gasteiger partial charge in [0.1, 0.15) is 10.7 Å². The van der Waals surface area contributed by atoms with E-state index in [4.69, 9.17) is 15.3 Å². The number of aryl methyl sites for hydroxylation is 1. The van der Waals surface area contributed by atoms with E-state index >= 15 is 0 Å². The first kappa shape index (κ1) is 18.0. The minimum atomic E-state index is -3.89. The van der Waals surface area contributed by atoms with E-state index in [2.05, 4.69) is 0 Å². The second-order valence-corrected chi connectivity index (χ2v) is 6.49. The van der Waals surface area contributed by atoms with E-state index in [1.165, 1.54) is 13.0 Å². The Labute approximate surface area is 130 Å². The molecule has 0 aromatic carbocycles. The largest absolute Gasteiger partial charge is 0.455 e. The topological polar surface area (TPSA) is 120 Å². The maximum atomic E-state index is 12.4. The molecule has 21 heavy (non-hydrogen) atoms. The van der Waals surface area contributed by atoms with Crippen molar-refractivity contribution in [1.82, 2.24) is 4.90 Å². The zero-order valence-electron chi connectivity index (χ0n) is 11.7. The number of nitrogens with two attached hydrogens (primary N) is 2. The van der Waals surface area contributed by atoms with Gasteiger partial charge >= 0.3 is 0 Å². The number of rotatable bonds is 3. The molecule has 0 saturated carbocycles. The molecule has 2 rings (SSSR count). The molecule has 9 heteroatoms. The third-order valence-electron chi connectivity index (χ3n) is 3.55. The van der Waals surface area contributed by atoms with Crippen LogP contribution in [0.5, 0.6) is 0 Å². The summed E-state index contributed by atoms with van der Waals surface area (Å²) in [6, 6.07) is 1.16. The van der Waals surface area contributed by atoms with Gasteiger partial charge in [-0.25, -0.2) is 13.6 Å². The van der Waals surface area contributed by atoms with Gasteiger partial charge in [0.25, 0.3) is 5.91 Å². The van der Waals surface area contributed by atoms with Gasteiger partial charge in [0.05, 0.1) is 0 Å². The van der Waals surface area contributed by atoms with Crippen molar-refractivity contribution in [3.05, 3.63) is 17.6 Å². The van der Waals surface area contributed by atoms with E-state index in [0.717, 1.165) is 19.3 Å². The first-order valence-electron chi connectivity index (χ1n) is 6.49. The predicted molar refractivity (Wildman–Crippen MR) is 79.8 cm³/mol. The summed E-state index contributed by atoms with van der Waals surface area (Å²) in [6.45, 7) is 2.45. The van der Waals surface area contributed by atoms with E-state index in [1.54, 1.807) is 4.90 Å². The molecule has 0 bridgehead atoms. The first-order chi connectivity index (χ1) is 9.34. The van der Waals surface area contributed by atoms with Crippen LogP contribution in [-0.2, 0) is 10.0 Å². The smallest absolute Gasteiger partial charge is 0.289 e. The molecule has 0 radical (unpaired) electrons. The van der Waals surface area contributed by atoms with Crippen molar-refractivity contribution in [2.75, 3.05) is 13.1 Å². The number of hydrogen-bond donors (Lipinski definition) is 2. The number of primary sulfonamides is 1. The fourth-order valence-corrected chi connectivity index (χ4v) is 3.22. The number of nitrogens with zero attached hydrogens (tertiary/aromatic N) is 1. The summed E-state index contributed by atoms with van der Waals surface area (Å²) in [5, 5.41) is 5.07. The fraction of sp³-hybridized carbons (Fsp3) is 0.583. The van der Waals surface area contributed by atoms with Crippen LogP contribution in [0.15, 0.2) is 15.4 Å². The van der Waals surface area contributed by atoms with Crippen molar-refractivity contribution >= 4 is 28.3 Å². The lowest BCUT2D eigenvalue weighted by Gasteiger charge is -2.34. The van der Waals surface area contributed by atoms with Gasteiger partial charge in [0, 0.05) is 25.2 Å². The molecule has 1 aromatic heterocycles. The minimum absolute atomic E-state index is 0. The maximum Gasteiger partial charge on any atom is 0.289 e. The van der Waals surface area contributed by atoms with E-state index in [0.29, 0.717) is 13.1 Å². The fourth-order valence-electron chi connectivity index (χ4n) is 2.51. The summed E-state index contributed by atoms with van der Waals surface area (Å²) < 4.78 is 28.0. The molecular weight excluding hydrogens is 318 g/mol. The van der Waals surface area contributed by atoms with E-state index in [-0.39, 0.29) is 40.8 Å². The predicted octanol–water partition coefficient (Wildman–Crippen LogP) is 0.611. The second kappa shape index (κ2) is 6.78. The highest BCUT2D eigenvalue weighted by molar-refractivity contribution is 7.89. The van der Waals surface area contributed by atoms with E-state index < -0.39 is 10.0 Å². The monoisotopic (exact) mass is 337 g/mol. The summed E-state index contributed by atoms with van der Waals surface area (Å²) in [7, 11) is -3.89. The molecule has 1 atom stereocenters. The molecule has 1 unspecified atom stereocenters. The van der Waals surface area contributed by atoms with Crippen LogP contribution in [0, 0.1) is 6.92 Å². The average molecular weight is 338 g/mol. The molecular formula is C12H20ClN3O4S. The lowest BCUT2D eigenvalue weighted by atomic mass is 10.0. The van der Waals surface area contributed by atoms with Crippen molar-refractivity contribution in [1.29, 1.82) is 0 Å². The Kier molecular flexibility index (Phi) is 5.80. The standard InChI is InChI=1S/C12H19N3O4S.ClH/c1-8-11(20(14,17)18)6-10(19-8)12(16)15-5-3-2-4-9(15)7-13;/h6,9H,2-5,7,13H2,1H3,(H2,14,17,18);1H. The van der Waals surface area contributed by atoms with Crippen LogP contribution in [0.4, 0.5) is 0 Å². The Hall–Kier alpha value is -1.09. The summed E-state index contributed by atoms with van der Waals surface area (Å²) in [5.74, 6) is -0.220. The van der Waals surface area contributed by atoms with Gasteiger partial charge in [-0.3, -0.25) is 4.79 Å². The first-order valence-corrected chi connectivity index (χ1v) is 8.03. The quantitative estimate of drug-likeness (QED) is 0.837. The van der Waals surface area contributed by atoms with Crippen LogP contribution in [0.1, 0.15) is 35.6 Å². The summed E-state index contributed by atoms with van der Waals surface area (Å²) in [4.78, 5) is 13.9. The Morgan fingerprint density at radius 1 is 1.48 bits per heavy atom. The van der Waals surface area contributed by atoms with Crippen LogP contribution in [0.25, 0.3) is 0 Å². The molecule has 0 spiro atoms. The normalized spacial score (nSPS) is 19.2. The van der Waals surface area contributed by atoms with Gasteiger partial charge in [-0.15, -0.1) is 12.4 Å². The molecule has 1 aliphatic rings. The molecule has 2 heterocycles. The molecule has 4 N–H and O–H groups in total. The van der Waals surface area contributed by atoms with Crippen molar-refractivity contribution in [2.45, 2.75) is 37.1 Å². The number of furan rings is 1. The van der Waals surface area contributed by atoms with Gasteiger partial charge in [-0.05, 0) is 26.2 Å². The van der Waals surface area contributed by atoms with Gasteiger partial charge in [-0.1, -0.05) is 0 Å². The maximum absolute atomic E-state index is 12.4. The molecule has 0 aliphatic carbocycles. The second-order valence-electron chi connectivity index (χ2n) is 4.96. The molecule has 7 nitrogen and oxygen atoms in total. The van der Waals surface area contributed by atoms with E-state index in [1.807, 2.05) is 0 Å². The van der Waals surface area contributed by atoms with Gasteiger partial charge in [0.2, 0.25) is 10.0 Å². The lowest BCUT2D eigenvalue weighted by Crippen LogP contribution is -2.47. The summed E-state index contributed by atoms with van der Waals surface area (Å²) in [6.07, 6.45) is 2.79.